The van der Waals surface area contributed by atoms with E-state index >= 15 is 0 Å². The molecule has 0 fully saturated rings. The Morgan fingerprint density at radius 2 is 1.38 bits per heavy atom. The Labute approximate surface area is 153 Å². The molecule has 5 heteroatoms. The average molecular weight is 358 g/mol. The molecule has 0 aromatic heterocycles. The normalized spacial score (nSPS) is 11.8. The van der Waals surface area contributed by atoms with Crippen molar-refractivity contribution in [2.45, 2.75) is 33.3 Å². The first-order valence-corrected chi connectivity index (χ1v) is 8.78. The Morgan fingerprint density at radius 1 is 0.885 bits per heavy atom. The molecular weight excluding hydrogens is 332 g/mol. The quantitative estimate of drug-likeness (QED) is 0.768. The van der Waals surface area contributed by atoms with Gasteiger partial charge in [-0.05, 0) is 22.4 Å². The molecule has 0 unspecified atom stereocenters. The van der Waals surface area contributed by atoms with Crippen LogP contribution in [0.1, 0.15) is 33.3 Å². The summed E-state index contributed by atoms with van der Waals surface area (Å²) in [6, 6.07) is 13.2. The minimum atomic E-state index is -1.61. The first kappa shape index (κ1) is 19.9. The highest BCUT2D eigenvalue weighted by Crippen LogP contribution is 2.27. The van der Waals surface area contributed by atoms with Gasteiger partial charge in [0.25, 0.3) is 0 Å². The standard InChI is InChI=1S/C21H26O5/c1-14(2)19(22)25-12-21(24,13-26-20(23)15(3)4)18-10-9-16-7-5-6-8-17(16)11-18/h5-11,14-15,24H,12-13H2,1-4H3. The van der Waals surface area contributed by atoms with Crippen LogP contribution in [0, 0.1) is 11.8 Å². The molecule has 1 N–H and O–H groups in total. The van der Waals surface area contributed by atoms with Crippen LogP contribution in [-0.4, -0.2) is 30.3 Å². The van der Waals surface area contributed by atoms with Crippen LogP contribution in [0.5, 0.6) is 0 Å². The van der Waals surface area contributed by atoms with E-state index in [-0.39, 0.29) is 25.0 Å². The fraction of sp³-hybridized carbons (Fsp3) is 0.429. The number of carbonyl (C=O) groups excluding carboxylic acids is 2. The molecule has 0 bridgehead atoms. The van der Waals surface area contributed by atoms with Crippen LogP contribution >= 0.6 is 0 Å². The molecular formula is C21H26O5. The molecule has 2 aromatic rings. The molecule has 2 aromatic carbocycles. The Hall–Kier alpha value is -2.40. The fourth-order valence-electron chi connectivity index (χ4n) is 2.40. The zero-order chi connectivity index (χ0) is 19.3. The third kappa shape index (κ3) is 4.82. The summed E-state index contributed by atoms with van der Waals surface area (Å²) in [6.07, 6.45) is 0. The van der Waals surface area contributed by atoms with E-state index in [1.165, 1.54) is 0 Å². The van der Waals surface area contributed by atoms with Gasteiger partial charge >= 0.3 is 11.9 Å². The number of carbonyl (C=O) groups is 2. The number of rotatable bonds is 7. The number of benzene rings is 2. The summed E-state index contributed by atoms with van der Waals surface area (Å²) in [7, 11) is 0. The molecule has 0 saturated carbocycles. The maximum Gasteiger partial charge on any atom is 0.308 e. The molecule has 0 aliphatic carbocycles. The number of esters is 2. The molecule has 26 heavy (non-hydrogen) atoms. The van der Waals surface area contributed by atoms with E-state index in [2.05, 4.69) is 0 Å². The average Bonchev–Trinajstić information content (AvgIpc) is 2.63. The maximum atomic E-state index is 11.8. The summed E-state index contributed by atoms with van der Waals surface area (Å²) >= 11 is 0. The lowest BCUT2D eigenvalue weighted by atomic mass is 9.93. The van der Waals surface area contributed by atoms with Crippen molar-refractivity contribution in [1.82, 2.24) is 0 Å². The Kier molecular flexibility index (Phi) is 6.37. The summed E-state index contributed by atoms with van der Waals surface area (Å²) < 4.78 is 10.5. The molecule has 2 rings (SSSR count). The summed E-state index contributed by atoms with van der Waals surface area (Å²) in [5.41, 5.74) is -1.08. The van der Waals surface area contributed by atoms with E-state index < -0.39 is 17.5 Å². The van der Waals surface area contributed by atoms with Gasteiger partial charge in [0, 0.05) is 0 Å². The summed E-state index contributed by atoms with van der Waals surface area (Å²) in [4.78, 5) is 23.7. The minimum Gasteiger partial charge on any atom is -0.462 e. The zero-order valence-corrected chi connectivity index (χ0v) is 15.7. The highest BCUT2D eigenvalue weighted by Gasteiger charge is 2.34. The monoisotopic (exact) mass is 358 g/mol. The van der Waals surface area contributed by atoms with Gasteiger partial charge in [0.15, 0.2) is 5.60 Å². The van der Waals surface area contributed by atoms with Gasteiger partial charge < -0.3 is 14.6 Å². The summed E-state index contributed by atoms with van der Waals surface area (Å²) in [5, 5.41) is 13.1. The van der Waals surface area contributed by atoms with E-state index in [4.69, 9.17) is 9.47 Å². The van der Waals surface area contributed by atoms with Crippen molar-refractivity contribution in [2.24, 2.45) is 11.8 Å². The Morgan fingerprint density at radius 3 is 1.88 bits per heavy atom. The molecule has 0 heterocycles. The number of hydrogen-bond acceptors (Lipinski definition) is 5. The van der Waals surface area contributed by atoms with Gasteiger partial charge in [0.2, 0.25) is 0 Å². The van der Waals surface area contributed by atoms with Crippen LogP contribution in [0.15, 0.2) is 42.5 Å². The van der Waals surface area contributed by atoms with E-state index in [0.717, 1.165) is 10.8 Å². The molecule has 0 amide bonds. The lowest BCUT2D eigenvalue weighted by Crippen LogP contribution is -2.39. The van der Waals surface area contributed by atoms with Crippen LogP contribution in [-0.2, 0) is 24.7 Å². The van der Waals surface area contributed by atoms with Crippen LogP contribution < -0.4 is 0 Å². The van der Waals surface area contributed by atoms with Crippen LogP contribution in [0.3, 0.4) is 0 Å². The van der Waals surface area contributed by atoms with Gasteiger partial charge in [-0.3, -0.25) is 9.59 Å². The van der Waals surface area contributed by atoms with Crippen molar-refractivity contribution in [2.75, 3.05) is 13.2 Å². The van der Waals surface area contributed by atoms with Crippen molar-refractivity contribution in [3.05, 3.63) is 48.0 Å². The highest BCUT2D eigenvalue weighted by atomic mass is 16.6. The zero-order valence-electron chi connectivity index (χ0n) is 15.7. The lowest BCUT2D eigenvalue weighted by Gasteiger charge is -2.28. The van der Waals surface area contributed by atoms with Gasteiger partial charge in [-0.1, -0.05) is 64.1 Å². The fourth-order valence-corrected chi connectivity index (χ4v) is 2.40. The topological polar surface area (TPSA) is 72.8 Å². The van der Waals surface area contributed by atoms with Crippen molar-refractivity contribution in [3.8, 4) is 0 Å². The molecule has 0 radical (unpaired) electrons. The number of fused-ring (bicyclic) bond motifs is 1. The van der Waals surface area contributed by atoms with Crippen molar-refractivity contribution in [1.29, 1.82) is 0 Å². The molecule has 0 saturated heterocycles. The second-order valence-corrected chi connectivity index (χ2v) is 7.12. The predicted molar refractivity (Wildman–Crippen MR) is 99.4 cm³/mol. The number of aliphatic hydroxyl groups is 1. The molecule has 0 atom stereocenters. The number of ether oxygens (including phenoxy) is 2. The van der Waals surface area contributed by atoms with E-state index in [9.17, 15) is 14.7 Å². The van der Waals surface area contributed by atoms with E-state index in [0.29, 0.717) is 5.56 Å². The van der Waals surface area contributed by atoms with Crippen molar-refractivity contribution < 1.29 is 24.2 Å². The van der Waals surface area contributed by atoms with Crippen LogP contribution in [0.25, 0.3) is 10.8 Å². The number of hydrogen-bond donors (Lipinski definition) is 1. The Balaban J connectivity index is 2.30. The highest BCUT2D eigenvalue weighted by molar-refractivity contribution is 5.83. The summed E-state index contributed by atoms with van der Waals surface area (Å²) in [6.45, 7) is 6.31. The van der Waals surface area contributed by atoms with E-state index in [1.807, 2.05) is 36.4 Å². The van der Waals surface area contributed by atoms with Gasteiger partial charge in [0.05, 0.1) is 11.8 Å². The molecule has 140 valence electrons. The second-order valence-electron chi connectivity index (χ2n) is 7.12. The first-order valence-electron chi connectivity index (χ1n) is 8.78. The lowest BCUT2D eigenvalue weighted by molar-refractivity contribution is -0.168. The Bertz CT molecular complexity index is 755. The van der Waals surface area contributed by atoms with Crippen molar-refractivity contribution >= 4 is 22.7 Å². The third-order valence-electron chi connectivity index (χ3n) is 4.14. The van der Waals surface area contributed by atoms with Gasteiger partial charge in [-0.25, -0.2) is 0 Å². The second kappa shape index (κ2) is 8.32. The molecule has 5 nitrogen and oxygen atoms in total. The smallest absolute Gasteiger partial charge is 0.308 e. The van der Waals surface area contributed by atoms with Crippen LogP contribution in [0.2, 0.25) is 0 Å². The predicted octanol–water partition coefficient (Wildman–Crippen LogP) is 3.43. The maximum absolute atomic E-state index is 11.8. The SMILES string of the molecule is CC(C)C(=O)OCC(O)(COC(=O)C(C)C)c1ccc2ccccc2c1. The first-order chi connectivity index (χ1) is 12.2. The molecule has 0 aliphatic rings. The summed E-state index contributed by atoms with van der Waals surface area (Å²) in [5.74, 6) is -1.46. The molecule has 0 aliphatic heterocycles. The van der Waals surface area contributed by atoms with Crippen molar-refractivity contribution in [3.63, 3.8) is 0 Å². The van der Waals surface area contributed by atoms with Gasteiger partial charge in [0.1, 0.15) is 13.2 Å². The van der Waals surface area contributed by atoms with Gasteiger partial charge in [-0.15, -0.1) is 0 Å². The third-order valence-corrected chi connectivity index (χ3v) is 4.14. The van der Waals surface area contributed by atoms with Crippen LogP contribution in [0.4, 0.5) is 0 Å². The molecule has 0 spiro atoms. The minimum absolute atomic E-state index is 0.284. The largest absolute Gasteiger partial charge is 0.462 e. The van der Waals surface area contributed by atoms with Gasteiger partial charge in [-0.2, -0.15) is 0 Å². The van der Waals surface area contributed by atoms with E-state index in [1.54, 1.807) is 33.8 Å².